The lowest BCUT2D eigenvalue weighted by Crippen LogP contribution is -2.39. The number of aromatic nitrogens is 2. The summed E-state index contributed by atoms with van der Waals surface area (Å²) < 4.78 is 2.43. The lowest BCUT2D eigenvalue weighted by Gasteiger charge is -2.32. The summed E-state index contributed by atoms with van der Waals surface area (Å²) in [6, 6.07) is 1.93. The van der Waals surface area contributed by atoms with Crippen LogP contribution in [-0.4, -0.2) is 33.4 Å². The van der Waals surface area contributed by atoms with Crippen molar-refractivity contribution < 1.29 is 4.79 Å². The highest BCUT2D eigenvalue weighted by atomic mass is 32.1. The molecule has 5 heteroatoms. The van der Waals surface area contributed by atoms with E-state index < -0.39 is 0 Å². The van der Waals surface area contributed by atoms with Crippen LogP contribution in [0.5, 0.6) is 0 Å². The molecular formula is C18H23N3OS. The number of carbonyl (C=O) groups excluding carboxylic acids is 1. The molecule has 23 heavy (non-hydrogen) atoms. The molecule has 3 heterocycles. The number of rotatable bonds is 4. The van der Waals surface area contributed by atoms with Crippen molar-refractivity contribution >= 4 is 17.2 Å². The van der Waals surface area contributed by atoms with Crippen LogP contribution in [0.2, 0.25) is 0 Å². The molecule has 2 aromatic rings. The second kappa shape index (κ2) is 6.11. The Morgan fingerprint density at radius 3 is 2.74 bits per heavy atom. The fourth-order valence-electron chi connectivity index (χ4n) is 3.53. The molecule has 2 fully saturated rings. The average Bonchev–Trinajstić information content (AvgIpc) is 3.14. The lowest BCUT2D eigenvalue weighted by molar-refractivity contribution is 0.0682. The topological polar surface area (TPSA) is 38.1 Å². The summed E-state index contributed by atoms with van der Waals surface area (Å²) in [5, 5.41) is 3.92. The van der Waals surface area contributed by atoms with Gasteiger partial charge in [-0.1, -0.05) is 0 Å². The zero-order valence-corrected chi connectivity index (χ0v) is 14.4. The number of hydrogen-bond acceptors (Lipinski definition) is 3. The van der Waals surface area contributed by atoms with E-state index in [-0.39, 0.29) is 5.91 Å². The van der Waals surface area contributed by atoms with Gasteiger partial charge in [0.15, 0.2) is 0 Å². The van der Waals surface area contributed by atoms with E-state index in [0.29, 0.717) is 11.8 Å². The van der Waals surface area contributed by atoms with Crippen molar-refractivity contribution in [3.63, 3.8) is 0 Å². The van der Waals surface area contributed by atoms with Gasteiger partial charge in [0.1, 0.15) is 5.82 Å². The molecule has 1 aliphatic heterocycles. The van der Waals surface area contributed by atoms with Crippen molar-refractivity contribution in [1.82, 2.24) is 14.5 Å². The van der Waals surface area contributed by atoms with Crippen molar-refractivity contribution in [2.24, 2.45) is 5.92 Å². The van der Waals surface area contributed by atoms with Gasteiger partial charge in [0.05, 0.1) is 5.56 Å². The molecule has 1 saturated carbocycles. The first-order valence-electron chi connectivity index (χ1n) is 8.56. The highest BCUT2D eigenvalue weighted by molar-refractivity contribution is 7.08. The predicted octanol–water partition coefficient (Wildman–Crippen LogP) is 3.68. The normalized spacial score (nSPS) is 19.3. The number of hydrogen-bond donors (Lipinski definition) is 0. The van der Waals surface area contributed by atoms with Crippen LogP contribution in [0.3, 0.4) is 0 Å². The molecule has 0 spiro atoms. The first-order valence-corrected chi connectivity index (χ1v) is 9.50. The van der Waals surface area contributed by atoms with Crippen molar-refractivity contribution in [3.8, 4) is 0 Å². The van der Waals surface area contributed by atoms with E-state index in [1.165, 1.54) is 24.4 Å². The third-order valence-electron chi connectivity index (χ3n) is 5.14. The lowest BCUT2D eigenvalue weighted by atomic mass is 9.96. The van der Waals surface area contributed by atoms with Crippen LogP contribution < -0.4 is 0 Å². The molecule has 0 aromatic carbocycles. The molecule has 0 radical (unpaired) electrons. The highest BCUT2D eigenvalue weighted by Gasteiger charge is 2.30. The van der Waals surface area contributed by atoms with Gasteiger partial charge >= 0.3 is 0 Å². The fraction of sp³-hybridized carbons (Fsp3) is 0.556. The molecule has 0 unspecified atom stereocenters. The van der Waals surface area contributed by atoms with Crippen LogP contribution >= 0.6 is 11.3 Å². The monoisotopic (exact) mass is 329 g/mol. The van der Waals surface area contributed by atoms with Gasteiger partial charge in [-0.3, -0.25) is 4.79 Å². The molecular weight excluding hydrogens is 306 g/mol. The molecule has 4 rings (SSSR count). The zero-order chi connectivity index (χ0) is 15.8. The molecule has 2 aliphatic rings. The Morgan fingerprint density at radius 1 is 1.30 bits per heavy atom. The third-order valence-corrected chi connectivity index (χ3v) is 5.82. The zero-order valence-electron chi connectivity index (χ0n) is 13.6. The second-order valence-electron chi connectivity index (χ2n) is 6.89. The smallest absolute Gasteiger partial charge is 0.254 e. The minimum Gasteiger partial charge on any atom is -0.339 e. The van der Waals surface area contributed by atoms with E-state index in [9.17, 15) is 4.79 Å². The van der Waals surface area contributed by atoms with Crippen LogP contribution in [0, 0.1) is 12.8 Å². The molecule has 2 aromatic heterocycles. The van der Waals surface area contributed by atoms with Gasteiger partial charge in [0.25, 0.3) is 5.91 Å². The molecule has 4 nitrogen and oxygen atoms in total. The fourth-order valence-corrected chi connectivity index (χ4v) is 4.16. The van der Waals surface area contributed by atoms with Crippen LogP contribution in [0.15, 0.2) is 23.0 Å². The highest BCUT2D eigenvalue weighted by Crippen LogP contribution is 2.40. The summed E-state index contributed by atoms with van der Waals surface area (Å²) in [4.78, 5) is 19.0. The Morgan fingerprint density at radius 2 is 2.09 bits per heavy atom. The number of piperidine rings is 1. The van der Waals surface area contributed by atoms with E-state index in [1.54, 1.807) is 11.3 Å². The first-order chi connectivity index (χ1) is 11.2. The molecule has 122 valence electrons. The number of amides is 1. The third kappa shape index (κ3) is 3.07. The predicted molar refractivity (Wildman–Crippen MR) is 91.9 cm³/mol. The Bertz CT molecular complexity index is 679. The van der Waals surface area contributed by atoms with E-state index >= 15 is 0 Å². The van der Waals surface area contributed by atoms with E-state index in [2.05, 4.69) is 16.5 Å². The number of carbonyl (C=O) groups is 1. The van der Waals surface area contributed by atoms with Crippen LogP contribution in [0.1, 0.15) is 53.5 Å². The number of nitrogens with zero attached hydrogens (tertiary/aromatic N) is 3. The van der Waals surface area contributed by atoms with Crippen molar-refractivity contribution in [1.29, 1.82) is 0 Å². The SMILES string of the molecule is Cc1cnc(C2CC2)n1CC1CCN(C(=O)c2ccsc2)CC1. The van der Waals surface area contributed by atoms with Gasteiger partial charge in [-0.15, -0.1) is 0 Å². The van der Waals surface area contributed by atoms with Gasteiger partial charge in [0.2, 0.25) is 0 Å². The van der Waals surface area contributed by atoms with Gasteiger partial charge < -0.3 is 9.47 Å². The van der Waals surface area contributed by atoms with Crippen molar-refractivity contribution in [3.05, 3.63) is 40.1 Å². The Balaban J connectivity index is 1.37. The van der Waals surface area contributed by atoms with Crippen molar-refractivity contribution in [2.75, 3.05) is 13.1 Å². The quantitative estimate of drug-likeness (QED) is 0.858. The summed E-state index contributed by atoms with van der Waals surface area (Å²) in [7, 11) is 0. The number of thiophene rings is 1. The molecule has 0 bridgehead atoms. The molecule has 1 amide bonds. The van der Waals surface area contributed by atoms with Crippen LogP contribution in [-0.2, 0) is 6.54 Å². The average molecular weight is 329 g/mol. The number of likely N-dealkylation sites (tertiary alicyclic amines) is 1. The minimum absolute atomic E-state index is 0.196. The first kappa shape index (κ1) is 14.9. The second-order valence-corrected chi connectivity index (χ2v) is 7.67. The maximum absolute atomic E-state index is 12.4. The summed E-state index contributed by atoms with van der Waals surface area (Å²) in [6.45, 7) is 4.99. The largest absolute Gasteiger partial charge is 0.339 e. The van der Waals surface area contributed by atoms with Gasteiger partial charge in [0, 0.05) is 42.8 Å². The standard InChI is InChI=1S/C18H23N3OS/c1-13-10-19-17(15-2-3-15)21(13)11-14-4-7-20(8-5-14)18(22)16-6-9-23-12-16/h6,9-10,12,14-15H,2-5,7-8,11H2,1H3. The summed E-state index contributed by atoms with van der Waals surface area (Å²) in [5.74, 6) is 2.84. The number of imidazole rings is 1. The van der Waals surface area contributed by atoms with Crippen LogP contribution in [0.4, 0.5) is 0 Å². The molecule has 1 aliphatic carbocycles. The summed E-state index contributed by atoms with van der Waals surface area (Å²) in [6.07, 6.45) is 6.80. The molecule has 0 N–H and O–H groups in total. The van der Waals surface area contributed by atoms with Gasteiger partial charge in [-0.25, -0.2) is 4.98 Å². The summed E-state index contributed by atoms with van der Waals surface area (Å²) >= 11 is 1.59. The van der Waals surface area contributed by atoms with E-state index in [4.69, 9.17) is 0 Å². The van der Waals surface area contributed by atoms with E-state index in [1.807, 2.05) is 27.9 Å². The number of aryl methyl sites for hydroxylation is 1. The maximum atomic E-state index is 12.4. The molecule has 1 saturated heterocycles. The van der Waals surface area contributed by atoms with Gasteiger partial charge in [-0.05, 0) is 50.0 Å². The van der Waals surface area contributed by atoms with Crippen LogP contribution in [0.25, 0.3) is 0 Å². The molecule has 0 atom stereocenters. The van der Waals surface area contributed by atoms with Crippen molar-refractivity contribution in [2.45, 2.75) is 45.1 Å². The summed E-state index contributed by atoms with van der Waals surface area (Å²) in [5.41, 5.74) is 2.12. The Hall–Kier alpha value is -1.62. The maximum Gasteiger partial charge on any atom is 0.254 e. The van der Waals surface area contributed by atoms with E-state index in [0.717, 1.165) is 38.0 Å². The Labute approximate surface area is 141 Å². The van der Waals surface area contributed by atoms with Gasteiger partial charge in [-0.2, -0.15) is 11.3 Å². The minimum atomic E-state index is 0.196. The Kier molecular flexibility index (Phi) is 3.97.